The molecular formula is C21H17Cl2N5O2. The molecule has 4 aromatic rings. The van der Waals surface area contributed by atoms with E-state index in [1.807, 2.05) is 19.9 Å². The van der Waals surface area contributed by atoms with Gasteiger partial charge < -0.3 is 10.1 Å². The van der Waals surface area contributed by atoms with E-state index in [0.717, 1.165) is 5.56 Å². The number of fused-ring (bicyclic) bond motifs is 1. The number of carbonyl (C=O) groups is 1. The second kappa shape index (κ2) is 8.30. The lowest BCUT2D eigenvalue weighted by Gasteiger charge is -2.16. The normalized spacial score (nSPS) is 12.0. The molecule has 0 bridgehead atoms. The third-order valence-electron chi connectivity index (χ3n) is 4.60. The van der Waals surface area contributed by atoms with Crippen LogP contribution < -0.4 is 10.1 Å². The van der Waals surface area contributed by atoms with Gasteiger partial charge in [0.25, 0.3) is 5.91 Å². The molecule has 0 aliphatic rings. The summed E-state index contributed by atoms with van der Waals surface area (Å²) in [5.74, 6) is 0.320. The zero-order valence-corrected chi connectivity index (χ0v) is 17.6. The van der Waals surface area contributed by atoms with E-state index in [1.54, 1.807) is 36.4 Å². The van der Waals surface area contributed by atoms with Crippen molar-refractivity contribution in [1.29, 1.82) is 0 Å². The van der Waals surface area contributed by atoms with Gasteiger partial charge in [-0.25, -0.2) is 9.97 Å². The van der Waals surface area contributed by atoms with Gasteiger partial charge in [0, 0.05) is 16.3 Å². The number of carbonyl (C=O) groups excluding carboxylic acids is 1. The van der Waals surface area contributed by atoms with Gasteiger partial charge in [-0.2, -0.15) is 5.10 Å². The van der Waals surface area contributed by atoms with Crippen LogP contribution in [0, 0.1) is 6.92 Å². The van der Waals surface area contributed by atoms with Gasteiger partial charge in [-0.15, -0.1) is 0 Å². The Labute approximate surface area is 182 Å². The van der Waals surface area contributed by atoms with Crippen molar-refractivity contribution < 1.29 is 9.53 Å². The van der Waals surface area contributed by atoms with Crippen LogP contribution in [0.25, 0.3) is 11.0 Å². The first-order valence-corrected chi connectivity index (χ1v) is 9.86. The highest BCUT2D eigenvalue weighted by molar-refractivity contribution is 6.34. The number of aromatic amines is 1. The molecule has 2 N–H and O–H groups in total. The van der Waals surface area contributed by atoms with Gasteiger partial charge in [-0.3, -0.25) is 9.89 Å². The number of aromatic nitrogens is 4. The van der Waals surface area contributed by atoms with Gasteiger partial charge in [0.05, 0.1) is 11.1 Å². The minimum atomic E-state index is -0.424. The lowest BCUT2D eigenvalue weighted by atomic mass is 10.1. The van der Waals surface area contributed by atoms with Crippen molar-refractivity contribution in [1.82, 2.24) is 20.2 Å². The summed E-state index contributed by atoms with van der Waals surface area (Å²) in [6, 6.07) is 12.2. The fourth-order valence-corrected chi connectivity index (χ4v) is 3.35. The number of amides is 1. The van der Waals surface area contributed by atoms with E-state index in [1.165, 1.54) is 6.33 Å². The van der Waals surface area contributed by atoms with Gasteiger partial charge in [0.1, 0.15) is 23.3 Å². The summed E-state index contributed by atoms with van der Waals surface area (Å²) in [6.07, 6.45) is 0.931. The van der Waals surface area contributed by atoms with Crippen molar-refractivity contribution in [3.05, 3.63) is 75.8 Å². The zero-order chi connectivity index (χ0) is 21.3. The maximum Gasteiger partial charge on any atom is 0.255 e. The van der Waals surface area contributed by atoms with Crippen LogP contribution >= 0.6 is 23.2 Å². The maximum absolute atomic E-state index is 12.6. The lowest BCUT2D eigenvalue weighted by molar-refractivity contribution is 0.102. The van der Waals surface area contributed by atoms with E-state index in [9.17, 15) is 4.79 Å². The number of nitrogens with zero attached hydrogens (tertiary/aromatic N) is 3. The molecule has 2 aromatic heterocycles. The Morgan fingerprint density at radius 2 is 1.90 bits per heavy atom. The van der Waals surface area contributed by atoms with Crippen LogP contribution in [0.5, 0.6) is 5.75 Å². The first-order valence-electron chi connectivity index (χ1n) is 9.11. The van der Waals surface area contributed by atoms with Crippen LogP contribution in [-0.4, -0.2) is 26.1 Å². The Bertz CT molecular complexity index is 1220. The molecule has 7 nitrogen and oxygen atoms in total. The number of ether oxygens (including phenoxy) is 1. The molecule has 1 atom stereocenters. The van der Waals surface area contributed by atoms with Gasteiger partial charge >= 0.3 is 0 Å². The van der Waals surface area contributed by atoms with Crippen molar-refractivity contribution in [2.45, 2.75) is 20.0 Å². The summed E-state index contributed by atoms with van der Waals surface area (Å²) < 4.78 is 6.13. The quantitative estimate of drug-likeness (QED) is 0.406. The van der Waals surface area contributed by atoms with Crippen molar-refractivity contribution in [3.63, 3.8) is 0 Å². The Kier molecular flexibility index (Phi) is 5.57. The van der Waals surface area contributed by atoms with Crippen molar-refractivity contribution in [2.75, 3.05) is 5.32 Å². The summed E-state index contributed by atoms with van der Waals surface area (Å²) in [5, 5.41) is 11.4. The number of nitrogens with one attached hydrogen (secondary N) is 2. The average Bonchev–Trinajstić information content (AvgIpc) is 3.17. The summed E-state index contributed by atoms with van der Waals surface area (Å²) in [7, 11) is 0. The number of H-pyrrole nitrogens is 1. The molecule has 0 saturated heterocycles. The van der Waals surface area contributed by atoms with Crippen LogP contribution in [0.4, 0.5) is 5.69 Å². The number of hydrogen-bond donors (Lipinski definition) is 2. The van der Waals surface area contributed by atoms with Gasteiger partial charge in [0.15, 0.2) is 5.65 Å². The first-order chi connectivity index (χ1) is 14.4. The Morgan fingerprint density at radius 3 is 2.67 bits per heavy atom. The second-order valence-electron chi connectivity index (χ2n) is 6.70. The number of anilines is 1. The van der Waals surface area contributed by atoms with Crippen LogP contribution in [0.3, 0.4) is 0 Å². The molecule has 9 heteroatoms. The van der Waals surface area contributed by atoms with E-state index in [2.05, 4.69) is 25.5 Å². The second-order valence-corrected chi connectivity index (χ2v) is 7.50. The Morgan fingerprint density at radius 1 is 1.13 bits per heavy atom. The summed E-state index contributed by atoms with van der Waals surface area (Å²) >= 11 is 12.1. The van der Waals surface area contributed by atoms with Gasteiger partial charge in [0.2, 0.25) is 0 Å². The SMILES string of the molecule is Cc1ccc(C(=O)Nc2ccc(Cl)cc2)cc1OC(C)c1[nH]nc2ncnc(Cl)c12. The van der Waals surface area contributed by atoms with E-state index in [0.29, 0.717) is 43.9 Å². The third kappa shape index (κ3) is 4.08. The van der Waals surface area contributed by atoms with Crippen LogP contribution in [0.1, 0.15) is 34.6 Å². The van der Waals surface area contributed by atoms with Gasteiger partial charge in [-0.1, -0.05) is 29.3 Å². The molecule has 0 fully saturated rings. The van der Waals surface area contributed by atoms with Crippen LogP contribution in [-0.2, 0) is 0 Å². The van der Waals surface area contributed by atoms with E-state index in [4.69, 9.17) is 27.9 Å². The topological polar surface area (TPSA) is 92.8 Å². The monoisotopic (exact) mass is 441 g/mol. The third-order valence-corrected chi connectivity index (χ3v) is 5.13. The molecule has 2 aromatic carbocycles. The lowest BCUT2D eigenvalue weighted by Crippen LogP contribution is -2.13. The predicted octanol–water partition coefficient (Wildman–Crippen LogP) is 5.36. The Hall–Kier alpha value is -3.16. The van der Waals surface area contributed by atoms with Crippen molar-refractivity contribution >= 4 is 45.8 Å². The smallest absolute Gasteiger partial charge is 0.255 e. The maximum atomic E-state index is 12.6. The minimum absolute atomic E-state index is 0.252. The molecule has 0 saturated carbocycles. The predicted molar refractivity (Wildman–Crippen MR) is 116 cm³/mol. The molecule has 2 heterocycles. The highest BCUT2D eigenvalue weighted by Crippen LogP contribution is 2.31. The van der Waals surface area contributed by atoms with Crippen LogP contribution in [0.15, 0.2) is 48.8 Å². The molecule has 0 aliphatic heterocycles. The molecule has 152 valence electrons. The largest absolute Gasteiger partial charge is 0.484 e. The molecular weight excluding hydrogens is 425 g/mol. The molecule has 0 aliphatic carbocycles. The van der Waals surface area contributed by atoms with E-state index >= 15 is 0 Å². The fraction of sp³-hybridized carbons (Fsp3) is 0.143. The Balaban J connectivity index is 1.57. The molecule has 1 amide bonds. The number of aryl methyl sites for hydroxylation is 1. The summed E-state index contributed by atoms with van der Waals surface area (Å²) in [4.78, 5) is 20.8. The molecule has 0 radical (unpaired) electrons. The van der Waals surface area contributed by atoms with Gasteiger partial charge in [-0.05, 0) is 55.8 Å². The number of hydrogen-bond acceptors (Lipinski definition) is 5. The highest BCUT2D eigenvalue weighted by Gasteiger charge is 2.19. The zero-order valence-electron chi connectivity index (χ0n) is 16.1. The number of benzene rings is 2. The van der Waals surface area contributed by atoms with Crippen molar-refractivity contribution in [2.24, 2.45) is 0 Å². The molecule has 0 spiro atoms. The summed E-state index contributed by atoms with van der Waals surface area (Å²) in [5.41, 5.74) is 3.13. The summed E-state index contributed by atoms with van der Waals surface area (Å²) in [6.45, 7) is 3.76. The number of rotatable bonds is 5. The van der Waals surface area contributed by atoms with Crippen LogP contribution in [0.2, 0.25) is 10.2 Å². The first kappa shape index (κ1) is 20.1. The van der Waals surface area contributed by atoms with Crippen molar-refractivity contribution in [3.8, 4) is 5.75 Å². The standard InChI is InChI=1S/C21H17Cl2N5O2/c1-11-3-4-13(21(29)26-15-7-5-14(22)6-8-15)9-16(11)30-12(2)18-17-19(23)24-10-25-20(17)28-27-18/h3-10,12H,1-2H3,(H,26,29)(H,24,25,27,28). The number of halogens is 2. The average molecular weight is 442 g/mol. The van der Waals surface area contributed by atoms with E-state index in [-0.39, 0.29) is 5.91 Å². The minimum Gasteiger partial charge on any atom is -0.484 e. The molecule has 30 heavy (non-hydrogen) atoms. The van der Waals surface area contributed by atoms with E-state index < -0.39 is 6.10 Å². The highest BCUT2D eigenvalue weighted by atomic mass is 35.5. The molecule has 1 unspecified atom stereocenters. The fourth-order valence-electron chi connectivity index (χ4n) is 2.99. The molecule has 4 rings (SSSR count).